The number of carbonyl (C=O) groups is 1. The van der Waals surface area contributed by atoms with E-state index >= 15 is 0 Å². The summed E-state index contributed by atoms with van der Waals surface area (Å²) in [5, 5.41) is 0. The SMILES string of the molecule is CC(C)CCOCCn1cccc1C=O. The Balaban J connectivity index is 2.17. The average molecular weight is 209 g/mol. The molecule has 0 spiro atoms. The molecular formula is C12H19NO2. The fraction of sp³-hybridized carbons (Fsp3) is 0.583. The maximum absolute atomic E-state index is 10.6. The van der Waals surface area contributed by atoms with E-state index in [2.05, 4.69) is 13.8 Å². The van der Waals surface area contributed by atoms with Gasteiger partial charge in [-0.3, -0.25) is 4.79 Å². The van der Waals surface area contributed by atoms with Crippen LogP contribution in [0.1, 0.15) is 30.8 Å². The van der Waals surface area contributed by atoms with Crippen molar-refractivity contribution in [3.63, 3.8) is 0 Å². The second kappa shape index (κ2) is 6.40. The lowest BCUT2D eigenvalue weighted by atomic mass is 10.1. The first kappa shape index (κ1) is 12.0. The highest BCUT2D eigenvalue weighted by atomic mass is 16.5. The van der Waals surface area contributed by atoms with Gasteiger partial charge in [-0.25, -0.2) is 0 Å². The van der Waals surface area contributed by atoms with Crippen molar-refractivity contribution < 1.29 is 9.53 Å². The summed E-state index contributed by atoms with van der Waals surface area (Å²) in [7, 11) is 0. The average Bonchev–Trinajstić information content (AvgIpc) is 2.64. The van der Waals surface area contributed by atoms with Crippen molar-refractivity contribution in [2.75, 3.05) is 13.2 Å². The van der Waals surface area contributed by atoms with Crippen molar-refractivity contribution in [3.05, 3.63) is 24.0 Å². The van der Waals surface area contributed by atoms with Crippen molar-refractivity contribution in [1.29, 1.82) is 0 Å². The van der Waals surface area contributed by atoms with Crippen molar-refractivity contribution in [1.82, 2.24) is 4.57 Å². The van der Waals surface area contributed by atoms with Crippen molar-refractivity contribution in [2.24, 2.45) is 5.92 Å². The summed E-state index contributed by atoms with van der Waals surface area (Å²) >= 11 is 0. The molecule has 0 aliphatic rings. The number of ether oxygens (including phenoxy) is 1. The van der Waals surface area contributed by atoms with E-state index < -0.39 is 0 Å². The maximum atomic E-state index is 10.6. The lowest BCUT2D eigenvalue weighted by molar-refractivity contribution is 0.108. The zero-order valence-electron chi connectivity index (χ0n) is 9.48. The van der Waals surface area contributed by atoms with Gasteiger partial charge in [0.15, 0.2) is 6.29 Å². The molecule has 3 heteroatoms. The molecule has 0 aliphatic heterocycles. The van der Waals surface area contributed by atoms with Gasteiger partial charge < -0.3 is 9.30 Å². The number of aldehydes is 1. The zero-order valence-corrected chi connectivity index (χ0v) is 9.48. The maximum Gasteiger partial charge on any atom is 0.166 e. The van der Waals surface area contributed by atoms with Gasteiger partial charge in [0.05, 0.1) is 12.3 Å². The third-order valence-corrected chi connectivity index (χ3v) is 2.30. The number of aromatic nitrogens is 1. The molecule has 0 fully saturated rings. The first-order valence-electron chi connectivity index (χ1n) is 5.42. The van der Waals surface area contributed by atoms with Gasteiger partial charge in [-0.15, -0.1) is 0 Å². The molecule has 1 heterocycles. The summed E-state index contributed by atoms with van der Waals surface area (Å²) in [4.78, 5) is 10.6. The van der Waals surface area contributed by atoms with Crippen LogP contribution < -0.4 is 0 Å². The van der Waals surface area contributed by atoms with Gasteiger partial charge in [-0.2, -0.15) is 0 Å². The molecule has 3 nitrogen and oxygen atoms in total. The summed E-state index contributed by atoms with van der Waals surface area (Å²) in [6.07, 6.45) is 3.86. The van der Waals surface area contributed by atoms with Crippen LogP contribution in [-0.4, -0.2) is 24.1 Å². The lowest BCUT2D eigenvalue weighted by Gasteiger charge is -2.08. The third kappa shape index (κ3) is 4.30. The van der Waals surface area contributed by atoms with Gasteiger partial charge in [0.25, 0.3) is 0 Å². The molecule has 0 amide bonds. The second-order valence-corrected chi connectivity index (χ2v) is 4.04. The van der Waals surface area contributed by atoms with Gasteiger partial charge in [0.1, 0.15) is 0 Å². The molecule has 0 aliphatic carbocycles. The normalized spacial score (nSPS) is 10.9. The van der Waals surface area contributed by atoms with E-state index in [0.717, 1.165) is 25.9 Å². The van der Waals surface area contributed by atoms with Crippen LogP contribution in [0.2, 0.25) is 0 Å². The minimum absolute atomic E-state index is 0.669. The molecule has 0 atom stereocenters. The molecule has 0 unspecified atom stereocenters. The molecule has 0 bridgehead atoms. The first-order valence-corrected chi connectivity index (χ1v) is 5.42. The fourth-order valence-electron chi connectivity index (χ4n) is 1.32. The van der Waals surface area contributed by atoms with Gasteiger partial charge >= 0.3 is 0 Å². The van der Waals surface area contributed by atoms with Crippen molar-refractivity contribution in [2.45, 2.75) is 26.8 Å². The van der Waals surface area contributed by atoms with E-state index in [0.29, 0.717) is 18.2 Å². The molecule has 1 aromatic rings. The quantitative estimate of drug-likeness (QED) is 0.510. The summed E-state index contributed by atoms with van der Waals surface area (Å²) < 4.78 is 7.39. The summed E-state index contributed by atoms with van der Waals surface area (Å²) in [6.45, 7) is 6.58. The summed E-state index contributed by atoms with van der Waals surface area (Å²) in [6, 6.07) is 3.68. The Kier molecular flexibility index (Phi) is 5.12. The van der Waals surface area contributed by atoms with E-state index in [1.165, 1.54) is 0 Å². The van der Waals surface area contributed by atoms with Crippen LogP contribution in [0, 0.1) is 5.92 Å². The van der Waals surface area contributed by atoms with Crippen molar-refractivity contribution >= 4 is 6.29 Å². The van der Waals surface area contributed by atoms with Gasteiger partial charge in [0, 0.05) is 19.3 Å². The number of hydrogen-bond acceptors (Lipinski definition) is 2. The fourth-order valence-corrected chi connectivity index (χ4v) is 1.32. The molecular weight excluding hydrogens is 190 g/mol. The van der Waals surface area contributed by atoms with Gasteiger partial charge in [-0.05, 0) is 24.5 Å². The van der Waals surface area contributed by atoms with E-state index in [-0.39, 0.29) is 0 Å². The highest BCUT2D eigenvalue weighted by molar-refractivity contribution is 5.72. The van der Waals surface area contributed by atoms with Crippen LogP contribution in [0.3, 0.4) is 0 Å². The van der Waals surface area contributed by atoms with Crippen LogP contribution in [0.15, 0.2) is 18.3 Å². The lowest BCUT2D eigenvalue weighted by Crippen LogP contribution is -2.09. The topological polar surface area (TPSA) is 31.2 Å². The molecule has 0 aromatic carbocycles. The number of hydrogen-bond donors (Lipinski definition) is 0. The molecule has 0 N–H and O–H groups in total. The summed E-state index contributed by atoms with van der Waals surface area (Å²) in [5.74, 6) is 0.683. The molecule has 84 valence electrons. The molecule has 1 rings (SSSR count). The highest BCUT2D eigenvalue weighted by Gasteiger charge is 1.98. The molecule has 1 aromatic heterocycles. The van der Waals surface area contributed by atoms with E-state index in [1.807, 2.05) is 16.8 Å². The predicted octanol–water partition coefficient (Wildman–Crippen LogP) is 2.36. The molecule has 0 saturated heterocycles. The Morgan fingerprint density at radius 1 is 1.47 bits per heavy atom. The number of nitrogens with zero attached hydrogens (tertiary/aromatic N) is 1. The standard InChI is InChI=1S/C12H19NO2/c1-11(2)5-8-15-9-7-13-6-3-4-12(13)10-14/h3-4,6,10-11H,5,7-9H2,1-2H3. The Morgan fingerprint density at radius 3 is 2.93 bits per heavy atom. The minimum atomic E-state index is 0.669. The van der Waals surface area contributed by atoms with Gasteiger partial charge in [0.2, 0.25) is 0 Å². The second-order valence-electron chi connectivity index (χ2n) is 4.04. The molecule has 15 heavy (non-hydrogen) atoms. The van der Waals surface area contributed by atoms with Crippen LogP contribution in [0.5, 0.6) is 0 Å². The number of rotatable bonds is 7. The van der Waals surface area contributed by atoms with Crippen LogP contribution in [-0.2, 0) is 11.3 Å². The van der Waals surface area contributed by atoms with Crippen LogP contribution in [0.25, 0.3) is 0 Å². The highest BCUT2D eigenvalue weighted by Crippen LogP contribution is 2.01. The van der Waals surface area contributed by atoms with E-state index in [9.17, 15) is 4.79 Å². The Morgan fingerprint density at radius 2 is 2.27 bits per heavy atom. The van der Waals surface area contributed by atoms with E-state index in [1.54, 1.807) is 6.07 Å². The zero-order chi connectivity index (χ0) is 11.1. The Hall–Kier alpha value is -1.09. The first-order chi connectivity index (χ1) is 7.24. The van der Waals surface area contributed by atoms with Crippen molar-refractivity contribution in [3.8, 4) is 0 Å². The van der Waals surface area contributed by atoms with Crippen LogP contribution >= 0.6 is 0 Å². The Labute approximate surface area is 91.0 Å². The largest absolute Gasteiger partial charge is 0.380 e. The number of carbonyl (C=O) groups excluding carboxylic acids is 1. The smallest absolute Gasteiger partial charge is 0.166 e. The minimum Gasteiger partial charge on any atom is -0.380 e. The third-order valence-electron chi connectivity index (χ3n) is 2.30. The summed E-state index contributed by atoms with van der Waals surface area (Å²) in [5.41, 5.74) is 0.711. The Bertz CT molecular complexity index is 292. The predicted molar refractivity (Wildman–Crippen MR) is 60.1 cm³/mol. The monoisotopic (exact) mass is 209 g/mol. The van der Waals surface area contributed by atoms with Crippen LogP contribution in [0.4, 0.5) is 0 Å². The van der Waals surface area contributed by atoms with Gasteiger partial charge in [-0.1, -0.05) is 13.8 Å². The molecule has 0 radical (unpaired) electrons. The molecule has 0 saturated carbocycles. The van der Waals surface area contributed by atoms with E-state index in [4.69, 9.17) is 4.74 Å².